The number of hydrogen-bond acceptors (Lipinski definition) is 5. The van der Waals surface area contributed by atoms with Gasteiger partial charge >= 0.3 is 5.97 Å². The van der Waals surface area contributed by atoms with Crippen molar-refractivity contribution in [3.8, 4) is 0 Å². The van der Waals surface area contributed by atoms with E-state index in [0.717, 1.165) is 57.6 Å². The molecule has 1 saturated carbocycles. The molecule has 1 aromatic heterocycles. The van der Waals surface area contributed by atoms with Crippen molar-refractivity contribution in [3.05, 3.63) is 11.7 Å². The zero-order valence-corrected chi connectivity index (χ0v) is 12.2. The monoisotopic (exact) mass is 294 g/mol. The minimum Gasteiger partial charge on any atom is -0.481 e. The summed E-state index contributed by atoms with van der Waals surface area (Å²) in [5, 5.41) is 13.2. The van der Waals surface area contributed by atoms with E-state index in [9.17, 15) is 4.79 Å². The zero-order chi connectivity index (χ0) is 14.7. The molecule has 1 aliphatic heterocycles. The molecule has 2 aliphatic rings. The number of carbonyl (C=O) groups is 1. The molecular formula is C15H22N2O4. The van der Waals surface area contributed by atoms with E-state index < -0.39 is 5.97 Å². The molecule has 1 aromatic rings. The Morgan fingerprint density at radius 1 is 1.38 bits per heavy atom. The smallest absolute Gasteiger partial charge is 0.303 e. The van der Waals surface area contributed by atoms with E-state index in [2.05, 4.69) is 10.1 Å². The van der Waals surface area contributed by atoms with Crippen LogP contribution in [0.4, 0.5) is 0 Å². The molecule has 1 N–H and O–H groups in total. The molecule has 2 heterocycles. The molecule has 6 heteroatoms. The fourth-order valence-corrected chi connectivity index (χ4v) is 3.63. The van der Waals surface area contributed by atoms with Crippen LogP contribution in [-0.2, 0) is 22.4 Å². The number of rotatable bonds is 6. The second-order valence-corrected chi connectivity index (χ2v) is 6.49. The number of carboxylic acids is 1. The average Bonchev–Trinajstić information content (AvgIpc) is 3.13. The standard InChI is InChI=1S/C15H22N2O4/c18-14(19)9-15(4-1-2-5-15)8-13-16-12(17-21-13)7-11-3-6-20-10-11/h11H,1-10H2,(H,18,19). The van der Waals surface area contributed by atoms with Gasteiger partial charge in [-0.25, -0.2) is 0 Å². The first-order valence-electron chi connectivity index (χ1n) is 7.76. The lowest BCUT2D eigenvalue weighted by molar-refractivity contribution is -0.139. The van der Waals surface area contributed by atoms with Crippen LogP contribution in [0.2, 0.25) is 0 Å². The van der Waals surface area contributed by atoms with E-state index in [1.807, 2.05) is 0 Å². The first-order valence-corrected chi connectivity index (χ1v) is 7.76. The van der Waals surface area contributed by atoms with E-state index in [1.165, 1.54) is 0 Å². The fourth-order valence-electron chi connectivity index (χ4n) is 3.63. The van der Waals surface area contributed by atoms with Crippen molar-refractivity contribution in [2.24, 2.45) is 11.3 Å². The number of hydrogen-bond donors (Lipinski definition) is 1. The van der Waals surface area contributed by atoms with Crippen LogP contribution in [0.1, 0.15) is 50.2 Å². The topological polar surface area (TPSA) is 85.5 Å². The Morgan fingerprint density at radius 2 is 2.19 bits per heavy atom. The van der Waals surface area contributed by atoms with E-state index in [4.69, 9.17) is 14.4 Å². The Bertz CT molecular complexity index is 488. The van der Waals surface area contributed by atoms with Crippen LogP contribution >= 0.6 is 0 Å². The molecule has 0 aromatic carbocycles. The summed E-state index contributed by atoms with van der Waals surface area (Å²) in [4.78, 5) is 15.6. The number of ether oxygens (including phenoxy) is 1. The van der Waals surface area contributed by atoms with Gasteiger partial charge in [-0.1, -0.05) is 18.0 Å². The highest BCUT2D eigenvalue weighted by Crippen LogP contribution is 2.43. The molecule has 2 fully saturated rings. The first kappa shape index (κ1) is 14.5. The molecule has 3 rings (SSSR count). The summed E-state index contributed by atoms with van der Waals surface area (Å²) in [7, 11) is 0. The normalized spacial score (nSPS) is 24.5. The highest BCUT2D eigenvalue weighted by molar-refractivity contribution is 5.67. The molecule has 0 amide bonds. The Balaban J connectivity index is 1.63. The Kier molecular flexibility index (Phi) is 4.24. The highest BCUT2D eigenvalue weighted by Gasteiger charge is 2.38. The second kappa shape index (κ2) is 6.13. The van der Waals surface area contributed by atoms with Crippen LogP contribution in [0.5, 0.6) is 0 Å². The van der Waals surface area contributed by atoms with Crippen molar-refractivity contribution in [2.75, 3.05) is 13.2 Å². The van der Waals surface area contributed by atoms with Gasteiger partial charge in [0.15, 0.2) is 5.82 Å². The first-order chi connectivity index (χ1) is 10.2. The van der Waals surface area contributed by atoms with Gasteiger partial charge in [0.05, 0.1) is 6.42 Å². The summed E-state index contributed by atoms with van der Waals surface area (Å²) in [6.45, 7) is 1.59. The van der Waals surface area contributed by atoms with E-state index in [1.54, 1.807) is 0 Å². The van der Waals surface area contributed by atoms with Crippen LogP contribution in [0, 0.1) is 11.3 Å². The number of nitrogens with zero attached hydrogens (tertiary/aromatic N) is 2. The lowest BCUT2D eigenvalue weighted by Gasteiger charge is -2.24. The summed E-state index contributed by atoms with van der Waals surface area (Å²) in [5.41, 5.74) is -0.188. The van der Waals surface area contributed by atoms with Gasteiger partial charge in [0.2, 0.25) is 5.89 Å². The molecule has 6 nitrogen and oxygen atoms in total. The summed E-state index contributed by atoms with van der Waals surface area (Å²) in [6.07, 6.45) is 6.68. The van der Waals surface area contributed by atoms with Crippen molar-refractivity contribution in [1.29, 1.82) is 0 Å². The maximum absolute atomic E-state index is 11.1. The van der Waals surface area contributed by atoms with Crippen molar-refractivity contribution >= 4 is 5.97 Å². The van der Waals surface area contributed by atoms with Crippen molar-refractivity contribution in [3.63, 3.8) is 0 Å². The largest absolute Gasteiger partial charge is 0.481 e. The summed E-state index contributed by atoms with van der Waals surface area (Å²) in [6, 6.07) is 0. The van der Waals surface area contributed by atoms with E-state index in [-0.39, 0.29) is 11.8 Å². The molecule has 1 aliphatic carbocycles. The van der Waals surface area contributed by atoms with Gasteiger partial charge in [-0.2, -0.15) is 4.98 Å². The molecule has 0 spiro atoms. The molecule has 1 saturated heterocycles. The third-order valence-corrected chi connectivity index (χ3v) is 4.72. The molecular weight excluding hydrogens is 272 g/mol. The zero-order valence-electron chi connectivity index (χ0n) is 12.2. The Labute approximate surface area is 123 Å². The molecule has 0 bridgehead atoms. The Hall–Kier alpha value is -1.43. The van der Waals surface area contributed by atoms with Gasteiger partial charge in [-0.05, 0) is 30.6 Å². The van der Waals surface area contributed by atoms with Crippen LogP contribution in [0.15, 0.2) is 4.52 Å². The second-order valence-electron chi connectivity index (χ2n) is 6.49. The predicted octanol–water partition coefficient (Wildman–Crippen LogP) is 2.23. The summed E-state index contributed by atoms with van der Waals surface area (Å²) in [5.74, 6) is 1.06. The molecule has 21 heavy (non-hydrogen) atoms. The number of aliphatic carboxylic acids is 1. The van der Waals surface area contributed by atoms with Crippen LogP contribution < -0.4 is 0 Å². The van der Waals surface area contributed by atoms with Crippen LogP contribution in [-0.4, -0.2) is 34.4 Å². The Morgan fingerprint density at radius 3 is 2.86 bits per heavy atom. The van der Waals surface area contributed by atoms with Gasteiger partial charge in [0.1, 0.15) is 0 Å². The minimum atomic E-state index is -0.736. The van der Waals surface area contributed by atoms with Gasteiger partial charge < -0.3 is 14.4 Å². The van der Waals surface area contributed by atoms with Crippen LogP contribution in [0.25, 0.3) is 0 Å². The third-order valence-electron chi connectivity index (χ3n) is 4.72. The van der Waals surface area contributed by atoms with Gasteiger partial charge in [-0.3, -0.25) is 4.79 Å². The number of aromatic nitrogens is 2. The van der Waals surface area contributed by atoms with Crippen molar-refractivity contribution < 1.29 is 19.2 Å². The van der Waals surface area contributed by atoms with Crippen molar-refractivity contribution in [2.45, 2.75) is 51.4 Å². The number of carboxylic acid groups (broad SMARTS) is 1. The fraction of sp³-hybridized carbons (Fsp3) is 0.800. The molecule has 116 valence electrons. The van der Waals surface area contributed by atoms with Gasteiger partial charge in [0, 0.05) is 26.1 Å². The summed E-state index contributed by atoms with van der Waals surface area (Å²) >= 11 is 0. The lowest BCUT2D eigenvalue weighted by atomic mass is 9.79. The molecule has 0 radical (unpaired) electrons. The predicted molar refractivity (Wildman–Crippen MR) is 73.8 cm³/mol. The molecule has 1 atom stereocenters. The maximum Gasteiger partial charge on any atom is 0.303 e. The highest BCUT2D eigenvalue weighted by atomic mass is 16.5. The van der Waals surface area contributed by atoms with Gasteiger partial charge in [0.25, 0.3) is 0 Å². The average molecular weight is 294 g/mol. The maximum atomic E-state index is 11.1. The van der Waals surface area contributed by atoms with Gasteiger partial charge in [-0.15, -0.1) is 0 Å². The summed E-state index contributed by atoms with van der Waals surface area (Å²) < 4.78 is 10.7. The minimum absolute atomic E-state index is 0.188. The quantitative estimate of drug-likeness (QED) is 0.866. The van der Waals surface area contributed by atoms with E-state index >= 15 is 0 Å². The third kappa shape index (κ3) is 3.61. The van der Waals surface area contributed by atoms with Crippen LogP contribution in [0.3, 0.4) is 0 Å². The van der Waals surface area contributed by atoms with E-state index in [0.29, 0.717) is 18.2 Å². The SMILES string of the molecule is O=C(O)CC1(Cc2nc(CC3CCOC3)no2)CCCC1. The molecule has 1 unspecified atom stereocenters. The lowest BCUT2D eigenvalue weighted by Crippen LogP contribution is -2.24. The van der Waals surface area contributed by atoms with Crippen molar-refractivity contribution in [1.82, 2.24) is 10.1 Å².